The Morgan fingerprint density at radius 3 is 1.97 bits per heavy atom. The molecule has 34 heavy (non-hydrogen) atoms. The van der Waals surface area contributed by atoms with Gasteiger partial charge in [0.15, 0.2) is 11.6 Å². The molecule has 0 radical (unpaired) electrons. The van der Waals surface area contributed by atoms with Crippen molar-refractivity contribution in [1.82, 2.24) is 0 Å². The average Bonchev–Trinajstić information content (AvgIpc) is 2.85. The molecule has 0 heterocycles. The summed E-state index contributed by atoms with van der Waals surface area (Å²) in [6.45, 7) is 7.53. The summed E-state index contributed by atoms with van der Waals surface area (Å²) in [7, 11) is -1.09. The van der Waals surface area contributed by atoms with Gasteiger partial charge in [-0.25, -0.2) is 8.78 Å². The minimum Gasteiger partial charge on any atom is -0.508 e. The fourth-order valence-electron chi connectivity index (χ4n) is 6.85. The molecule has 2 aliphatic rings. The second kappa shape index (κ2) is 10.9. The van der Waals surface area contributed by atoms with Gasteiger partial charge in [-0.05, 0) is 72.2 Å². The Kier molecular flexibility index (Phi) is 8.17. The van der Waals surface area contributed by atoms with E-state index < -0.39 is 19.7 Å². The van der Waals surface area contributed by atoms with Crippen molar-refractivity contribution in [2.75, 3.05) is 0 Å². The average molecular weight is 485 g/mol. The van der Waals surface area contributed by atoms with Crippen LogP contribution in [-0.2, 0) is 0 Å². The zero-order chi connectivity index (χ0) is 24.3. The van der Waals surface area contributed by atoms with Crippen molar-refractivity contribution in [3.8, 4) is 16.9 Å². The van der Waals surface area contributed by atoms with Crippen LogP contribution in [0.2, 0.25) is 24.7 Å². The first kappa shape index (κ1) is 25.4. The predicted octanol–water partition coefficient (Wildman–Crippen LogP) is 9.68. The highest BCUT2D eigenvalue weighted by atomic mass is 28.3. The lowest BCUT2D eigenvalue weighted by atomic mass is 9.69. The van der Waals surface area contributed by atoms with Gasteiger partial charge in [-0.15, -0.1) is 0 Å². The molecule has 0 spiro atoms. The second-order valence-corrected chi connectivity index (χ2v) is 17.0. The predicted molar refractivity (Wildman–Crippen MR) is 141 cm³/mol. The second-order valence-electron chi connectivity index (χ2n) is 11.7. The highest BCUT2D eigenvalue weighted by Gasteiger charge is 2.37. The molecule has 1 N–H and O–H groups in total. The van der Waals surface area contributed by atoms with E-state index in [2.05, 4.69) is 20.0 Å². The molecule has 186 valence electrons. The molecule has 2 aromatic rings. The molecule has 0 aromatic heterocycles. The molecule has 0 unspecified atom stereocenters. The zero-order valence-electron chi connectivity index (χ0n) is 21.3. The largest absolute Gasteiger partial charge is 0.508 e. The van der Waals surface area contributed by atoms with Crippen molar-refractivity contribution in [1.29, 1.82) is 0 Å². The Morgan fingerprint density at radius 2 is 1.38 bits per heavy atom. The fraction of sp³-hybridized carbons (Fsp3) is 0.600. The Bertz CT molecular complexity index is 939. The molecule has 0 atom stereocenters. The van der Waals surface area contributed by atoms with E-state index in [1.54, 1.807) is 24.3 Å². The maximum atomic E-state index is 15.1. The van der Waals surface area contributed by atoms with E-state index in [1.807, 2.05) is 0 Å². The molecule has 2 aliphatic carbocycles. The molecular weight excluding hydrogens is 442 g/mol. The van der Waals surface area contributed by atoms with Crippen LogP contribution >= 0.6 is 0 Å². The van der Waals surface area contributed by atoms with Gasteiger partial charge in [-0.3, -0.25) is 0 Å². The van der Waals surface area contributed by atoms with Crippen molar-refractivity contribution >= 4 is 8.07 Å². The van der Waals surface area contributed by atoms with E-state index in [4.69, 9.17) is 0 Å². The third-order valence-electron chi connectivity index (χ3n) is 9.22. The number of unbranched alkanes of at least 4 members (excludes halogenated alkanes) is 1. The lowest BCUT2D eigenvalue weighted by molar-refractivity contribution is 0.183. The van der Waals surface area contributed by atoms with Gasteiger partial charge in [0, 0.05) is 5.56 Å². The van der Waals surface area contributed by atoms with E-state index in [0.717, 1.165) is 43.1 Å². The van der Waals surface area contributed by atoms with Crippen LogP contribution in [0.1, 0.15) is 82.6 Å². The minimum absolute atomic E-state index is 0.119. The van der Waals surface area contributed by atoms with Crippen LogP contribution in [0.25, 0.3) is 11.1 Å². The minimum atomic E-state index is -1.09. The van der Waals surface area contributed by atoms with E-state index in [9.17, 15) is 9.50 Å². The van der Waals surface area contributed by atoms with Crippen LogP contribution < -0.4 is 0 Å². The van der Waals surface area contributed by atoms with Gasteiger partial charge in [0.1, 0.15) is 5.75 Å². The quantitative estimate of drug-likeness (QED) is 0.388. The number of halogens is 2. The topological polar surface area (TPSA) is 20.2 Å². The first-order valence-corrected chi connectivity index (χ1v) is 16.9. The van der Waals surface area contributed by atoms with Crippen LogP contribution in [0, 0.1) is 23.5 Å². The molecule has 0 bridgehead atoms. The Morgan fingerprint density at radius 1 is 0.794 bits per heavy atom. The van der Waals surface area contributed by atoms with Crippen LogP contribution in [0.5, 0.6) is 5.75 Å². The van der Waals surface area contributed by atoms with Crippen molar-refractivity contribution in [3.05, 3.63) is 53.6 Å². The van der Waals surface area contributed by atoms with Crippen LogP contribution in [-0.4, -0.2) is 13.2 Å². The smallest absolute Gasteiger partial charge is 0.166 e. The normalized spacial score (nSPS) is 25.9. The number of benzene rings is 2. The Labute approximate surface area is 206 Å². The number of hydrogen-bond donors (Lipinski definition) is 1. The van der Waals surface area contributed by atoms with Crippen LogP contribution in [0.15, 0.2) is 36.4 Å². The van der Waals surface area contributed by atoms with Crippen LogP contribution in [0.4, 0.5) is 8.78 Å². The molecular formula is C30H42F2OSi. The maximum absolute atomic E-state index is 15.1. The van der Waals surface area contributed by atoms with Gasteiger partial charge in [-0.1, -0.05) is 88.9 Å². The van der Waals surface area contributed by atoms with Gasteiger partial charge in [0.2, 0.25) is 0 Å². The van der Waals surface area contributed by atoms with Gasteiger partial charge >= 0.3 is 0 Å². The number of aromatic hydroxyl groups is 1. The van der Waals surface area contributed by atoms with Crippen molar-refractivity contribution in [2.45, 2.75) is 102 Å². The van der Waals surface area contributed by atoms with E-state index in [0.29, 0.717) is 11.1 Å². The third-order valence-corrected chi connectivity index (χ3v) is 13.7. The first-order chi connectivity index (χ1) is 16.3. The highest BCUT2D eigenvalue weighted by molar-refractivity contribution is 6.78. The molecule has 4 heteroatoms. The summed E-state index contributed by atoms with van der Waals surface area (Å²) < 4.78 is 30.0. The third kappa shape index (κ3) is 5.58. The van der Waals surface area contributed by atoms with Crippen molar-refractivity contribution in [2.24, 2.45) is 11.8 Å². The molecule has 2 saturated carbocycles. The molecule has 1 nitrogen and oxygen atoms in total. The van der Waals surface area contributed by atoms with Gasteiger partial charge in [0.25, 0.3) is 0 Å². The number of rotatable bonds is 7. The molecule has 4 rings (SSSR count). The zero-order valence-corrected chi connectivity index (χ0v) is 22.3. The number of hydrogen-bond acceptors (Lipinski definition) is 1. The molecule has 0 amide bonds. The standard InChI is InChI=1S/C30H42F2OSi/c1-4-5-20-34(2,3)26-16-12-22(13-17-26)21-6-8-23(9-7-21)27-18-19-28(30(32)29(27)31)24-10-14-25(33)15-11-24/h10-11,14-15,18-19,21-23,26,33H,4-9,12-13,16-17,20H2,1-3H3. The number of phenols is 1. The van der Waals surface area contributed by atoms with Crippen molar-refractivity contribution < 1.29 is 13.9 Å². The monoisotopic (exact) mass is 484 g/mol. The molecule has 0 aliphatic heterocycles. The summed E-state index contributed by atoms with van der Waals surface area (Å²) in [6, 6.07) is 11.2. The van der Waals surface area contributed by atoms with Gasteiger partial charge < -0.3 is 5.11 Å². The maximum Gasteiger partial charge on any atom is 0.166 e. The molecule has 2 fully saturated rings. The van der Waals surface area contributed by atoms with Gasteiger partial charge in [0.05, 0.1) is 8.07 Å². The van der Waals surface area contributed by atoms with Gasteiger partial charge in [-0.2, -0.15) is 0 Å². The van der Waals surface area contributed by atoms with E-state index in [-0.39, 0.29) is 17.2 Å². The van der Waals surface area contributed by atoms with Crippen LogP contribution in [0.3, 0.4) is 0 Å². The summed E-state index contributed by atoms with van der Waals surface area (Å²) in [6.07, 6.45) is 12.6. The lowest BCUT2D eigenvalue weighted by Crippen LogP contribution is -2.36. The summed E-state index contributed by atoms with van der Waals surface area (Å²) in [5.41, 5.74) is 2.39. The lowest BCUT2D eigenvalue weighted by Gasteiger charge is -2.42. The number of phenolic OH excluding ortho intramolecular Hbond substituents is 1. The SMILES string of the molecule is CCCC[Si](C)(C)C1CCC(C2CCC(c3ccc(-c4ccc(O)cc4)c(F)c3F)CC2)CC1. The van der Waals surface area contributed by atoms with E-state index in [1.165, 1.54) is 56.7 Å². The fourth-order valence-corrected chi connectivity index (χ4v) is 10.4. The molecule has 2 aromatic carbocycles. The molecule has 0 saturated heterocycles. The van der Waals surface area contributed by atoms with Crippen molar-refractivity contribution in [3.63, 3.8) is 0 Å². The first-order valence-electron chi connectivity index (χ1n) is 13.6. The summed E-state index contributed by atoms with van der Waals surface area (Å²) in [4.78, 5) is 0. The summed E-state index contributed by atoms with van der Waals surface area (Å²) >= 11 is 0. The summed E-state index contributed by atoms with van der Waals surface area (Å²) in [5, 5.41) is 9.47. The van der Waals surface area contributed by atoms with E-state index >= 15 is 4.39 Å². The summed E-state index contributed by atoms with van der Waals surface area (Å²) in [5.74, 6) is 0.394. The Balaban J connectivity index is 1.34. The highest BCUT2D eigenvalue weighted by Crippen LogP contribution is 2.48. The Hall–Kier alpha value is -1.68.